The minimum absolute atomic E-state index is 0.589. The predicted octanol–water partition coefficient (Wildman–Crippen LogP) is 5.55. The molecule has 0 rings (SSSR count). The van der Waals surface area contributed by atoms with Gasteiger partial charge in [-0.05, 0) is 24.7 Å². The molecular formula is C13H27Br. The van der Waals surface area contributed by atoms with Gasteiger partial charge in [-0.1, -0.05) is 68.8 Å². The molecule has 0 heterocycles. The summed E-state index contributed by atoms with van der Waals surface area (Å²) < 4.78 is 0. The molecule has 0 aliphatic carbocycles. The van der Waals surface area contributed by atoms with Crippen molar-refractivity contribution in [1.29, 1.82) is 0 Å². The van der Waals surface area contributed by atoms with E-state index in [1.165, 1.54) is 56.7 Å². The number of hydrogen-bond donors (Lipinski definition) is 0. The third kappa shape index (κ3) is 5.38. The molecule has 0 atom stereocenters. The molecule has 86 valence electrons. The summed E-state index contributed by atoms with van der Waals surface area (Å²) in [7, 11) is 0. The second-order valence-corrected chi connectivity index (χ2v) is 5.07. The molecule has 0 saturated carbocycles. The standard InChI is InChI=1S/C13H27Br/c1-4-7-8-9-10-11-13(5-2,6-3)12-14/h4-12H2,1-3H3. The van der Waals surface area contributed by atoms with Crippen molar-refractivity contribution in [1.82, 2.24) is 0 Å². The molecule has 0 nitrogen and oxygen atoms in total. The van der Waals surface area contributed by atoms with E-state index in [1.807, 2.05) is 0 Å². The van der Waals surface area contributed by atoms with E-state index in [0.717, 1.165) is 0 Å². The number of alkyl halides is 1. The van der Waals surface area contributed by atoms with E-state index < -0.39 is 0 Å². The van der Waals surface area contributed by atoms with Gasteiger partial charge in [0.15, 0.2) is 0 Å². The van der Waals surface area contributed by atoms with E-state index >= 15 is 0 Å². The largest absolute Gasteiger partial charge is 0.0922 e. The quantitative estimate of drug-likeness (QED) is 0.378. The summed E-state index contributed by atoms with van der Waals surface area (Å²) in [6, 6.07) is 0. The van der Waals surface area contributed by atoms with Gasteiger partial charge in [0.2, 0.25) is 0 Å². The van der Waals surface area contributed by atoms with E-state index in [2.05, 4.69) is 36.7 Å². The van der Waals surface area contributed by atoms with E-state index in [4.69, 9.17) is 0 Å². The highest BCUT2D eigenvalue weighted by molar-refractivity contribution is 9.09. The maximum absolute atomic E-state index is 3.68. The summed E-state index contributed by atoms with van der Waals surface area (Å²) in [5, 5.41) is 1.18. The summed E-state index contributed by atoms with van der Waals surface area (Å²) in [4.78, 5) is 0. The van der Waals surface area contributed by atoms with Crippen LogP contribution >= 0.6 is 15.9 Å². The molecule has 0 fully saturated rings. The Morgan fingerprint density at radius 2 is 1.43 bits per heavy atom. The van der Waals surface area contributed by atoms with Crippen molar-refractivity contribution in [2.75, 3.05) is 5.33 Å². The molecule has 0 aromatic heterocycles. The minimum atomic E-state index is 0.589. The molecular weight excluding hydrogens is 236 g/mol. The molecule has 0 unspecified atom stereocenters. The maximum Gasteiger partial charge on any atom is 0.00877 e. The van der Waals surface area contributed by atoms with Crippen molar-refractivity contribution < 1.29 is 0 Å². The highest BCUT2D eigenvalue weighted by Gasteiger charge is 2.23. The lowest BCUT2D eigenvalue weighted by Crippen LogP contribution is -2.20. The topological polar surface area (TPSA) is 0 Å². The van der Waals surface area contributed by atoms with Crippen molar-refractivity contribution in [3.8, 4) is 0 Å². The van der Waals surface area contributed by atoms with Crippen LogP contribution in [0.1, 0.15) is 72.1 Å². The van der Waals surface area contributed by atoms with E-state index in [1.54, 1.807) is 0 Å². The first kappa shape index (κ1) is 14.5. The van der Waals surface area contributed by atoms with Crippen LogP contribution < -0.4 is 0 Å². The van der Waals surface area contributed by atoms with Crippen LogP contribution in [-0.2, 0) is 0 Å². The number of halogens is 1. The Kier molecular flexibility index (Phi) is 9.06. The molecule has 0 amide bonds. The van der Waals surface area contributed by atoms with Crippen LogP contribution in [0.25, 0.3) is 0 Å². The number of unbranched alkanes of at least 4 members (excludes halogenated alkanes) is 4. The zero-order valence-corrected chi connectivity index (χ0v) is 11.8. The monoisotopic (exact) mass is 262 g/mol. The lowest BCUT2D eigenvalue weighted by atomic mass is 9.80. The molecule has 0 aromatic rings. The Morgan fingerprint density at radius 3 is 1.86 bits per heavy atom. The van der Waals surface area contributed by atoms with Crippen LogP contribution in [0.2, 0.25) is 0 Å². The Bertz CT molecular complexity index is 108. The lowest BCUT2D eigenvalue weighted by molar-refractivity contribution is 0.272. The van der Waals surface area contributed by atoms with Gasteiger partial charge in [0.25, 0.3) is 0 Å². The fourth-order valence-corrected chi connectivity index (χ4v) is 3.04. The fourth-order valence-electron chi connectivity index (χ4n) is 1.96. The van der Waals surface area contributed by atoms with Gasteiger partial charge in [-0.25, -0.2) is 0 Å². The SMILES string of the molecule is CCCCCCCC(CC)(CC)CBr. The van der Waals surface area contributed by atoms with Crippen LogP contribution in [0.4, 0.5) is 0 Å². The van der Waals surface area contributed by atoms with Gasteiger partial charge < -0.3 is 0 Å². The Labute approximate surface area is 99.0 Å². The molecule has 0 spiro atoms. The summed E-state index contributed by atoms with van der Waals surface area (Å²) in [6.07, 6.45) is 11.1. The second kappa shape index (κ2) is 8.76. The van der Waals surface area contributed by atoms with E-state index in [0.29, 0.717) is 5.41 Å². The van der Waals surface area contributed by atoms with Crippen molar-refractivity contribution in [3.63, 3.8) is 0 Å². The molecule has 0 aliphatic heterocycles. The predicted molar refractivity (Wildman–Crippen MR) is 70.2 cm³/mol. The third-order valence-electron chi connectivity index (χ3n) is 3.59. The maximum atomic E-state index is 3.68. The van der Waals surface area contributed by atoms with Gasteiger partial charge in [-0.2, -0.15) is 0 Å². The third-order valence-corrected chi connectivity index (χ3v) is 4.78. The van der Waals surface area contributed by atoms with Crippen molar-refractivity contribution in [2.45, 2.75) is 72.1 Å². The first-order valence-corrected chi connectivity index (χ1v) is 7.42. The van der Waals surface area contributed by atoms with Crippen LogP contribution in [0.3, 0.4) is 0 Å². The number of hydrogen-bond acceptors (Lipinski definition) is 0. The van der Waals surface area contributed by atoms with Crippen LogP contribution in [0.5, 0.6) is 0 Å². The first-order chi connectivity index (χ1) is 6.74. The van der Waals surface area contributed by atoms with Gasteiger partial charge >= 0.3 is 0 Å². The van der Waals surface area contributed by atoms with Crippen LogP contribution in [-0.4, -0.2) is 5.33 Å². The molecule has 0 aromatic carbocycles. The van der Waals surface area contributed by atoms with E-state index in [9.17, 15) is 0 Å². The second-order valence-electron chi connectivity index (χ2n) is 4.50. The average Bonchev–Trinajstić information content (AvgIpc) is 2.24. The van der Waals surface area contributed by atoms with Crippen molar-refractivity contribution in [2.24, 2.45) is 5.41 Å². The van der Waals surface area contributed by atoms with Gasteiger partial charge in [0.1, 0.15) is 0 Å². The smallest absolute Gasteiger partial charge is 0.00877 e. The lowest BCUT2D eigenvalue weighted by Gasteiger charge is -2.29. The summed E-state index contributed by atoms with van der Waals surface area (Å²) >= 11 is 3.68. The molecule has 14 heavy (non-hydrogen) atoms. The first-order valence-electron chi connectivity index (χ1n) is 6.30. The highest BCUT2D eigenvalue weighted by Crippen LogP contribution is 2.34. The summed E-state index contributed by atoms with van der Waals surface area (Å²) in [5.41, 5.74) is 0.589. The average molecular weight is 263 g/mol. The van der Waals surface area contributed by atoms with Gasteiger partial charge in [0.05, 0.1) is 0 Å². The zero-order chi connectivity index (χ0) is 10.9. The molecule has 0 bridgehead atoms. The highest BCUT2D eigenvalue weighted by atomic mass is 79.9. The van der Waals surface area contributed by atoms with Gasteiger partial charge in [-0.3, -0.25) is 0 Å². The molecule has 0 aliphatic rings. The molecule has 0 radical (unpaired) electrons. The zero-order valence-electron chi connectivity index (χ0n) is 10.2. The van der Waals surface area contributed by atoms with E-state index in [-0.39, 0.29) is 0 Å². The Balaban J connectivity index is 3.61. The summed E-state index contributed by atoms with van der Waals surface area (Å²) in [5.74, 6) is 0. The van der Waals surface area contributed by atoms with Crippen LogP contribution in [0.15, 0.2) is 0 Å². The normalized spacial score (nSPS) is 12.0. The fraction of sp³-hybridized carbons (Fsp3) is 1.00. The minimum Gasteiger partial charge on any atom is -0.0922 e. The Hall–Kier alpha value is 0.480. The van der Waals surface area contributed by atoms with Crippen LogP contribution in [0, 0.1) is 5.41 Å². The van der Waals surface area contributed by atoms with Gasteiger partial charge in [-0.15, -0.1) is 0 Å². The molecule has 0 saturated heterocycles. The molecule has 0 N–H and O–H groups in total. The van der Waals surface area contributed by atoms with Crippen molar-refractivity contribution in [3.05, 3.63) is 0 Å². The summed E-state index contributed by atoms with van der Waals surface area (Å²) in [6.45, 7) is 6.94. The number of rotatable bonds is 9. The van der Waals surface area contributed by atoms with Gasteiger partial charge in [0, 0.05) is 5.33 Å². The Morgan fingerprint density at radius 1 is 0.857 bits per heavy atom. The molecule has 1 heteroatoms. The van der Waals surface area contributed by atoms with Crippen molar-refractivity contribution >= 4 is 15.9 Å².